The van der Waals surface area contributed by atoms with E-state index in [0.717, 1.165) is 64.3 Å². The van der Waals surface area contributed by atoms with E-state index in [1.807, 2.05) is 31.4 Å². The van der Waals surface area contributed by atoms with Gasteiger partial charge >= 0.3 is 12.1 Å². The molecule has 7 rings (SSSR count). The Morgan fingerprint density at radius 2 is 1.73 bits per heavy atom. The van der Waals surface area contributed by atoms with Crippen LogP contribution in [0.5, 0.6) is 0 Å². The SMILES string of the molecule is CN1C(=O)C2(CCOC2)c2c1cnc1[nH]c(-c3ccc(CN4CCC(S(C)(=O)=O)CC4)cc3)c(-c3ccccc3)c21.O=C(O)C(F)(F)F. The fraction of sp³-hybridized carbons (Fsp3) is 0.382. The number of pyridine rings is 1. The summed E-state index contributed by atoms with van der Waals surface area (Å²) >= 11 is 0. The monoisotopic (exact) mass is 684 g/mol. The van der Waals surface area contributed by atoms with Crippen LogP contribution < -0.4 is 4.90 Å². The lowest BCUT2D eigenvalue weighted by Gasteiger charge is -2.31. The van der Waals surface area contributed by atoms with Gasteiger partial charge in [0, 0.05) is 43.0 Å². The molecule has 3 aliphatic heterocycles. The van der Waals surface area contributed by atoms with Crippen LogP contribution in [0, 0.1) is 0 Å². The zero-order chi connectivity index (χ0) is 34.4. The Labute approximate surface area is 275 Å². The van der Waals surface area contributed by atoms with Crippen molar-refractivity contribution >= 4 is 38.4 Å². The van der Waals surface area contributed by atoms with E-state index < -0.39 is 27.4 Å². The number of fused-ring (bicyclic) bond motifs is 4. The average molecular weight is 685 g/mol. The minimum absolute atomic E-state index is 0.0750. The molecule has 2 fully saturated rings. The fourth-order valence-electron chi connectivity index (χ4n) is 6.99. The summed E-state index contributed by atoms with van der Waals surface area (Å²) in [5, 5.41) is 7.89. The number of H-pyrrole nitrogens is 1. The topological polar surface area (TPSA) is 133 Å². The lowest BCUT2D eigenvalue weighted by atomic mass is 9.78. The van der Waals surface area contributed by atoms with Gasteiger partial charge in [-0.3, -0.25) is 9.69 Å². The van der Waals surface area contributed by atoms with Gasteiger partial charge in [0.05, 0.1) is 29.4 Å². The maximum absolute atomic E-state index is 13.6. The molecule has 1 spiro atoms. The molecule has 48 heavy (non-hydrogen) atoms. The number of benzene rings is 2. The van der Waals surface area contributed by atoms with Crippen molar-refractivity contribution in [2.24, 2.45) is 0 Å². The van der Waals surface area contributed by atoms with E-state index in [0.29, 0.717) is 32.5 Å². The number of amides is 1. The third-order valence-corrected chi connectivity index (χ3v) is 11.2. The number of aliphatic carboxylic acids is 1. The van der Waals surface area contributed by atoms with Crippen molar-refractivity contribution < 1.29 is 41.0 Å². The van der Waals surface area contributed by atoms with Crippen molar-refractivity contribution in [2.75, 3.05) is 44.5 Å². The van der Waals surface area contributed by atoms with Gasteiger partial charge in [-0.15, -0.1) is 0 Å². The van der Waals surface area contributed by atoms with Gasteiger partial charge in [-0.2, -0.15) is 13.2 Å². The third-order valence-electron chi connectivity index (χ3n) is 9.47. The Morgan fingerprint density at radius 3 is 2.29 bits per heavy atom. The van der Waals surface area contributed by atoms with E-state index in [9.17, 15) is 26.4 Å². The molecule has 2 aromatic heterocycles. The predicted octanol–water partition coefficient (Wildman–Crippen LogP) is 5.17. The number of carbonyl (C=O) groups excluding carboxylic acids is 1. The van der Waals surface area contributed by atoms with Gasteiger partial charge in [-0.25, -0.2) is 18.2 Å². The van der Waals surface area contributed by atoms with E-state index in [4.69, 9.17) is 19.6 Å². The molecule has 1 atom stereocenters. The van der Waals surface area contributed by atoms with Gasteiger partial charge in [0.15, 0.2) is 0 Å². The Bertz CT molecular complexity index is 1950. The molecular weight excluding hydrogens is 649 g/mol. The molecule has 0 radical (unpaired) electrons. The average Bonchev–Trinajstić information content (AvgIpc) is 3.75. The number of hydrogen-bond donors (Lipinski definition) is 2. The number of piperidine rings is 1. The fourth-order valence-corrected chi connectivity index (χ4v) is 8.06. The second-order valence-corrected chi connectivity index (χ2v) is 14.9. The molecule has 2 aromatic carbocycles. The first-order valence-electron chi connectivity index (χ1n) is 15.5. The van der Waals surface area contributed by atoms with Crippen molar-refractivity contribution in [2.45, 2.75) is 42.6 Å². The maximum Gasteiger partial charge on any atom is 0.490 e. The number of hydrogen-bond acceptors (Lipinski definition) is 7. The van der Waals surface area contributed by atoms with Gasteiger partial charge in [0.2, 0.25) is 5.91 Å². The number of rotatable bonds is 5. The number of aromatic nitrogens is 2. The van der Waals surface area contributed by atoms with Crippen LogP contribution in [0.15, 0.2) is 60.8 Å². The molecule has 2 saturated heterocycles. The van der Waals surface area contributed by atoms with Crippen LogP contribution >= 0.6 is 0 Å². The van der Waals surface area contributed by atoms with E-state index in [2.05, 4.69) is 46.3 Å². The van der Waals surface area contributed by atoms with Crippen molar-refractivity contribution in [3.63, 3.8) is 0 Å². The van der Waals surface area contributed by atoms with Crippen LogP contribution in [0.3, 0.4) is 0 Å². The lowest BCUT2D eigenvalue weighted by Crippen LogP contribution is -2.39. The third kappa shape index (κ3) is 6.19. The summed E-state index contributed by atoms with van der Waals surface area (Å²) in [4.78, 5) is 35.0. The number of nitrogens with one attached hydrogen (secondary N) is 1. The summed E-state index contributed by atoms with van der Waals surface area (Å²) in [6, 6.07) is 18.9. The highest BCUT2D eigenvalue weighted by atomic mass is 32.2. The smallest absolute Gasteiger partial charge is 0.475 e. The van der Waals surface area contributed by atoms with E-state index in [-0.39, 0.29) is 11.2 Å². The molecule has 14 heteroatoms. The highest BCUT2D eigenvalue weighted by Gasteiger charge is 2.54. The van der Waals surface area contributed by atoms with Gasteiger partial charge < -0.3 is 19.7 Å². The number of carboxylic acid groups (broad SMARTS) is 1. The van der Waals surface area contributed by atoms with Crippen LogP contribution in [0.1, 0.15) is 30.4 Å². The number of ether oxygens (including phenoxy) is 1. The second-order valence-electron chi connectivity index (χ2n) is 12.5. The number of alkyl halides is 3. The first kappa shape index (κ1) is 33.6. The number of likely N-dealkylation sites (tertiary alicyclic amines) is 1. The van der Waals surface area contributed by atoms with E-state index >= 15 is 0 Å². The molecule has 10 nitrogen and oxygen atoms in total. The summed E-state index contributed by atoms with van der Waals surface area (Å²) in [7, 11) is -1.14. The van der Waals surface area contributed by atoms with Crippen LogP contribution in [0.2, 0.25) is 0 Å². The minimum Gasteiger partial charge on any atom is -0.475 e. The number of aromatic amines is 1. The summed E-state index contributed by atoms with van der Waals surface area (Å²) in [6.45, 7) is 3.31. The molecule has 4 aromatic rings. The molecule has 2 N–H and O–H groups in total. The van der Waals surface area contributed by atoms with Crippen LogP contribution in [-0.2, 0) is 36.1 Å². The first-order chi connectivity index (χ1) is 22.7. The molecular formula is C34H35F3N4O6S. The highest BCUT2D eigenvalue weighted by molar-refractivity contribution is 7.91. The number of likely N-dealkylation sites (N-methyl/N-ethyl adjacent to an activating group) is 1. The molecule has 1 amide bonds. The molecule has 0 saturated carbocycles. The standard InChI is InChI=1S/C32H34N4O4S.C2HF3O2/c1-35-25-18-33-30-27(28(25)32(31(35)37)14-17-40-20-32)26(22-6-4-3-5-7-22)29(34-30)23-10-8-21(9-11-23)19-36-15-12-24(13-16-36)41(2,38)39;3-2(4,5)1(6)7/h3-11,18,24H,12-17,19-20H2,1-2H3,(H,33,34);(H,6,7). The lowest BCUT2D eigenvalue weighted by molar-refractivity contribution is -0.192. The molecule has 3 aliphatic rings. The number of carbonyl (C=O) groups is 2. The largest absolute Gasteiger partial charge is 0.490 e. The minimum atomic E-state index is -5.08. The highest BCUT2D eigenvalue weighted by Crippen LogP contribution is 2.52. The van der Waals surface area contributed by atoms with Crippen LogP contribution in [0.4, 0.5) is 18.9 Å². The Balaban J connectivity index is 0.000000519. The molecule has 5 heterocycles. The summed E-state index contributed by atoms with van der Waals surface area (Å²) < 4.78 is 61.4. The Kier molecular flexibility index (Phi) is 8.85. The number of halogens is 3. The van der Waals surface area contributed by atoms with Gasteiger partial charge in [-0.05, 0) is 49.0 Å². The summed E-state index contributed by atoms with van der Waals surface area (Å²) in [6.07, 6.45) is 0.115. The van der Waals surface area contributed by atoms with E-state index in [1.54, 1.807) is 4.90 Å². The molecule has 254 valence electrons. The number of nitrogens with zero attached hydrogens (tertiary/aromatic N) is 3. The molecule has 1 unspecified atom stereocenters. The second kappa shape index (κ2) is 12.6. The number of sulfone groups is 1. The van der Waals surface area contributed by atoms with Gasteiger partial charge in [-0.1, -0.05) is 54.6 Å². The number of anilines is 1. The predicted molar refractivity (Wildman–Crippen MR) is 174 cm³/mol. The van der Waals surface area contributed by atoms with E-state index in [1.165, 1.54) is 11.8 Å². The van der Waals surface area contributed by atoms with Gasteiger partial charge in [0.25, 0.3) is 0 Å². The van der Waals surface area contributed by atoms with Gasteiger partial charge in [0.1, 0.15) is 20.9 Å². The normalized spacial score (nSPS) is 20.3. The summed E-state index contributed by atoms with van der Waals surface area (Å²) in [5.74, 6) is -2.68. The Morgan fingerprint density at radius 1 is 1.08 bits per heavy atom. The number of carboxylic acids is 1. The quantitative estimate of drug-likeness (QED) is 0.294. The van der Waals surface area contributed by atoms with Crippen molar-refractivity contribution in [1.29, 1.82) is 0 Å². The van der Waals surface area contributed by atoms with Crippen molar-refractivity contribution in [3.8, 4) is 22.4 Å². The molecule has 0 aliphatic carbocycles. The van der Waals surface area contributed by atoms with Crippen LogP contribution in [0.25, 0.3) is 33.4 Å². The van der Waals surface area contributed by atoms with Crippen molar-refractivity contribution in [1.82, 2.24) is 14.9 Å². The van der Waals surface area contributed by atoms with Crippen molar-refractivity contribution in [3.05, 3.63) is 71.9 Å². The van der Waals surface area contributed by atoms with Crippen LogP contribution in [-0.4, -0.2) is 91.3 Å². The maximum atomic E-state index is 13.6. The zero-order valence-electron chi connectivity index (χ0n) is 26.4. The first-order valence-corrected chi connectivity index (χ1v) is 17.4. The Hall–Kier alpha value is -4.27. The molecule has 0 bridgehead atoms. The zero-order valence-corrected chi connectivity index (χ0v) is 27.2. The summed E-state index contributed by atoms with van der Waals surface area (Å²) in [5.41, 5.74) is 7.28.